The van der Waals surface area contributed by atoms with Crippen LogP contribution >= 0.6 is 0 Å². The van der Waals surface area contributed by atoms with Crippen LogP contribution in [0.4, 0.5) is 4.79 Å². The molecule has 0 aromatic carbocycles. The summed E-state index contributed by atoms with van der Waals surface area (Å²) in [7, 11) is 0. The minimum atomic E-state index is -1.06. The number of aliphatic hydroxyl groups is 2. The van der Waals surface area contributed by atoms with E-state index >= 15 is 0 Å². The Balaban J connectivity index is 4.24. The first kappa shape index (κ1) is 14.6. The van der Waals surface area contributed by atoms with Crippen molar-refractivity contribution in [1.82, 2.24) is 5.48 Å². The Morgan fingerprint density at radius 3 is 2.65 bits per heavy atom. The Morgan fingerprint density at radius 2 is 2.12 bits per heavy atom. The van der Waals surface area contributed by atoms with Gasteiger partial charge in [-0.05, 0) is 19.1 Å². The zero-order valence-electron chi connectivity index (χ0n) is 9.17. The fourth-order valence-electron chi connectivity index (χ4n) is 0.650. The molecule has 0 bridgehead atoms. The molecule has 17 heavy (non-hydrogen) atoms. The molecule has 1 amide bonds. The highest BCUT2D eigenvalue weighted by Gasteiger charge is 2.14. The van der Waals surface area contributed by atoms with Gasteiger partial charge in [-0.1, -0.05) is 6.58 Å². The molecule has 0 fully saturated rings. The molecule has 0 spiro atoms. The fourth-order valence-corrected chi connectivity index (χ4v) is 0.650. The number of amides is 1. The van der Waals surface area contributed by atoms with Crippen LogP contribution in [0.1, 0.15) is 6.92 Å². The minimum Gasteiger partial charge on any atom is -0.516 e. The van der Waals surface area contributed by atoms with E-state index in [9.17, 15) is 14.7 Å². The molecule has 0 unspecified atom stereocenters. The number of hydrogen-bond donors (Lipinski definition) is 3. The van der Waals surface area contributed by atoms with Crippen molar-refractivity contribution in [3.05, 3.63) is 36.3 Å². The third-order valence-electron chi connectivity index (χ3n) is 1.40. The van der Waals surface area contributed by atoms with E-state index in [2.05, 4.69) is 16.2 Å². The largest absolute Gasteiger partial charge is 0.516 e. The molecule has 0 aromatic rings. The van der Waals surface area contributed by atoms with Crippen molar-refractivity contribution in [2.75, 3.05) is 6.61 Å². The van der Waals surface area contributed by atoms with Crippen LogP contribution < -0.4 is 5.48 Å². The molecule has 94 valence electrons. The minimum absolute atomic E-state index is 0.122. The molecule has 0 rings (SSSR count). The SMILES string of the molecule is C=C(C(=O)ONC(=O)OCC)C(O)=CC=CO. The first-order valence-corrected chi connectivity index (χ1v) is 4.56. The van der Waals surface area contributed by atoms with Gasteiger partial charge in [-0.25, -0.2) is 9.59 Å². The van der Waals surface area contributed by atoms with E-state index in [-0.39, 0.29) is 12.2 Å². The van der Waals surface area contributed by atoms with Crippen LogP contribution in [-0.2, 0) is 14.4 Å². The Morgan fingerprint density at radius 1 is 1.47 bits per heavy atom. The van der Waals surface area contributed by atoms with Crippen LogP contribution in [-0.4, -0.2) is 28.9 Å². The first-order chi connectivity index (χ1) is 8.02. The zero-order valence-corrected chi connectivity index (χ0v) is 9.17. The van der Waals surface area contributed by atoms with Gasteiger partial charge in [0.25, 0.3) is 0 Å². The predicted octanol–water partition coefficient (Wildman–Crippen LogP) is 1.26. The van der Waals surface area contributed by atoms with Gasteiger partial charge in [-0.2, -0.15) is 0 Å². The fraction of sp³-hybridized carbons (Fsp3) is 0.200. The summed E-state index contributed by atoms with van der Waals surface area (Å²) in [5.74, 6) is -1.57. The van der Waals surface area contributed by atoms with Crippen LogP contribution in [0.15, 0.2) is 36.3 Å². The normalized spacial score (nSPS) is 11.0. The standard InChI is InChI=1S/C10H13NO6/c1-3-16-10(15)11-17-9(14)7(2)8(13)5-4-6-12/h4-6,12-13H,2-3H2,1H3,(H,11,15). The van der Waals surface area contributed by atoms with Crippen molar-refractivity contribution in [1.29, 1.82) is 0 Å². The van der Waals surface area contributed by atoms with Gasteiger partial charge in [0.15, 0.2) is 0 Å². The monoisotopic (exact) mass is 243 g/mol. The summed E-state index contributed by atoms with van der Waals surface area (Å²) in [6, 6.07) is 0. The van der Waals surface area contributed by atoms with Gasteiger partial charge in [0.1, 0.15) is 5.76 Å². The molecule has 3 N–H and O–H groups in total. The first-order valence-electron chi connectivity index (χ1n) is 4.56. The highest BCUT2D eigenvalue weighted by Crippen LogP contribution is 2.05. The number of nitrogens with one attached hydrogen (secondary N) is 1. The van der Waals surface area contributed by atoms with Crippen LogP contribution in [0.5, 0.6) is 0 Å². The van der Waals surface area contributed by atoms with E-state index in [0.717, 1.165) is 12.2 Å². The van der Waals surface area contributed by atoms with Crippen LogP contribution in [0.25, 0.3) is 0 Å². The van der Waals surface area contributed by atoms with Gasteiger partial charge < -0.3 is 19.8 Å². The Kier molecular flexibility index (Phi) is 6.68. The van der Waals surface area contributed by atoms with Crippen molar-refractivity contribution in [3.8, 4) is 0 Å². The molecular weight excluding hydrogens is 230 g/mol. The number of carbonyl (C=O) groups is 2. The van der Waals surface area contributed by atoms with Gasteiger partial charge in [-0.15, -0.1) is 5.48 Å². The number of allylic oxidation sites excluding steroid dienone is 2. The molecule has 7 heteroatoms. The lowest BCUT2D eigenvalue weighted by Gasteiger charge is -2.06. The average molecular weight is 243 g/mol. The second kappa shape index (κ2) is 7.80. The number of aliphatic hydroxyl groups excluding tert-OH is 2. The van der Waals surface area contributed by atoms with Gasteiger partial charge in [0.2, 0.25) is 0 Å². The molecule has 0 radical (unpaired) electrons. The molecule has 0 saturated carbocycles. The summed E-state index contributed by atoms with van der Waals surface area (Å²) in [4.78, 5) is 26.2. The summed E-state index contributed by atoms with van der Waals surface area (Å²) in [6.45, 7) is 4.93. The van der Waals surface area contributed by atoms with Gasteiger partial charge in [0, 0.05) is 0 Å². The molecule has 0 aliphatic heterocycles. The number of hydrogen-bond acceptors (Lipinski definition) is 6. The van der Waals surface area contributed by atoms with Crippen LogP contribution in [0.2, 0.25) is 0 Å². The molecule has 0 aliphatic carbocycles. The van der Waals surface area contributed by atoms with Crippen molar-refractivity contribution in [2.45, 2.75) is 6.92 Å². The van der Waals surface area contributed by atoms with Crippen LogP contribution in [0.3, 0.4) is 0 Å². The smallest absolute Gasteiger partial charge is 0.440 e. The summed E-state index contributed by atoms with van der Waals surface area (Å²) in [6.07, 6.45) is 1.82. The van der Waals surface area contributed by atoms with E-state index in [0.29, 0.717) is 6.26 Å². The second-order valence-corrected chi connectivity index (χ2v) is 2.58. The van der Waals surface area contributed by atoms with E-state index in [1.807, 2.05) is 0 Å². The average Bonchev–Trinajstić information content (AvgIpc) is 2.32. The summed E-state index contributed by atoms with van der Waals surface area (Å²) < 4.78 is 4.42. The zero-order chi connectivity index (χ0) is 13.3. The van der Waals surface area contributed by atoms with E-state index in [1.54, 1.807) is 12.4 Å². The summed E-state index contributed by atoms with van der Waals surface area (Å²) >= 11 is 0. The maximum Gasteiger partial charge on any atom is 0.440 e. The van der Waals surface area contributed by atoms with Crippen molar-refractivity contribution < 1.29 is 29.4 Å². The third-order valence-corrected chi connectivity index (χ3v) is 1.40. The molecule has 0 atom stereocenters. The highest BCUT2D eigenvalue weighted by molar-refractivity contribution is 5.92. The Bertz CT molecular complexity index is 358. The molecule has 0 aliphatic rings. The number of hydroxylamine groups is 1. The summed E-state index contributed by atoms with van der Waals surface area (Å²) in [5.41, 5.74) is 1.31. The lowest BCUT2D eigenvalue weighted by molar-refractivity contribution is -0.144. The van der Waals surface area contributed by atoms with Crippen LogP contribution in [0, 0.1) is 0 Å². The Hall–Kier alpha value is -2.44. The maximum atomic E-state index is 11.2. The molecule has 7 nitrogen and oxygen atoms in total. The van der Waals surface area contributed by atoms with E-state index in [4.69, 9.17) is 5.11 Å². The van der Waals surface area contributed by atoms with Gasteiger partial charge in [-0.3, -0.25) is 0 Å². The molecule has 0 heterocycles. The maximum absolute atomic E-state index is 11.2. The van der Waals surface area contributed by atoms with Gasteiger partial charge in [0.05, 0.1) is 18.4 Å². The van der Waals surface area contributed by atoms with Crippen molar-refractivity contribution in [2.24, 2.45) is 0 Å². The van der Waals surface area contributed by atoms with Crippen molar-refractivity contribution >= 4 is 12.1 Å². The van der Waals surface area contributed by atoms with E-state index < -0.39 is 17.8 Å². The molecule has 0 aromatic heterocycles. The topological polar surface area (TPSA) is 105 Å². The summed E-state index contributed by atoms with van der Waals surface area (Å²) in [5, 5.41) is 17.6. The number of carbonyl (C=O) groups excluding carboxylic acids is 2. The third kappa shape index (κ3) is 5.88. The van der Waals surface area contributed by atoms with E-state index in [1.165, 1.54) is 0 Å². The highest BCUT2D eigenvalue weighted by atomic mass is 16.7. The molecular formula is C10H13NO6. The lowest BCUT2D eigenvalue weighted by atomic mass is 10.2. The Labute approximate surface area is 97.6 Å². The number of rotatable bonds is 4. The number of ether oxygens (including phenoxy) is 1. The lowest BCUT2D eigenvalue weighted by Crippen LogP contribution is -2.28. The second-order valence-electron chi connectivity index (χ2n) is 2.58. The molecule has 0 saturated heterocycles. The predicted molar refractivity (Wildman–Crippen MR) is 57.9 cm³/mol. The quantitative estimate of drug-likeness (QED) is 0.297. The van der Waals surface area contributed by atoms with Crippen molar-refractivity contribution in [3.63, 3.8) is 0 Å². The van der Waals surface area contributed by atoms with Gasteiger partial charge >= 0.3 is 12.1 Å².